The van der Waals surface area contributed by atoms with Gasteiger partial charge in [-0.1, -0.05) is 0 Å². The number of hydrogen-bond donors (Lipinski definition) is 7. The molecule has 8 N–H and O–H groups in total. The van der Waals surface area contributed by atoms with Crippen LogP contribution < -0.4 is 11.1 Å². The fourth-order valence-corrected chi connectivity index (χ4v) is 3.92. The maximum absolute atomic E-state index is 10.4. The van der Waals surface area contributed by atoms with Crippen molar-refractivity contribution in [3.05, 3.63) is 0 Å². The number of aliphatic hydroxyl groups excluding tert-OH is 4. The summed E-state index contributed by atoms with van der Waals surface area (Å²) in [5, 5.41) is 53.7. The van der Waals surface area contributed by atoms with E-state index in [0.29, 0.717) is 0 Å². The SMILES string of the molecule is NC1=N[C@H](O)[C@H]2[C@H]3O[C@]4(O)O[C@H]([C@@H]3O)[C@@H](O)[C@@]2(N1)[C@@H]4O. The second kappa shape index (κ2) is 3.42. The van der Waals surface area contributed by atoms with Crippen molar-refractivity contribution < 1.29 is 35.0 Å². The number of guanidine groups is 1. The van der Waals surface area contributed by atoms with Crippen molar-refractivity contribution in [1.29, 1.82) is 0 Å². The van der Waals surface area contributed by atoms with E-state index in [1.807, 2.05) is 0 Å². The van der Waals surface area contributed by atoms with Gasteiger partial charge in [0.15, 0.2) is 18.3 Å². The van der Waals surface area contributed by atoms with Gasteiger partial charge in [0.05, 0.1) is 5.92 Å². The lowest BCUT2D eigenvalue weighted by molar-refractivity contribution is -0.532. The van der Waals surface area contributed by atoms with Crippen LogP contribution in [0.1, 0.15) is 0 Å². The van der Waals surface area contributed by atoms with Gasteiger partial charge < -0.3 is 46.1 Å². The first-order chi connectivity index (χ1) is 9.31. The zero-order chi connectivity index (χ0) is 14.4. The molecule has 0 aromatic carbocycles. The van der Waals surface area contributed by atoms with Crippen molar-refractivity contribution in [1.82, 2.24) is 5.32 Å². The molecule has 1 aliphatic carbocycles. The standard InChI is InChI=1S/C10H15N3O7/c11-8-12-6(16)1-3-2(14)4-5(15)9(1,13-8)7(17)10(18,19-3)20-4/h1-7,14-18H,(H3,11,12,13)/t1-,2-,3-,4-,5-,6-,7+,9-,10+/m1/s1. The topological polar surface area (TPSA) is 170 Å². The molecule has 4 fully saturated rings. The van der Waals surface area contributed by atoms with E-state index >= 15 is 0 Å². The molecule has 10 nitrogen and oxygen atoms in total. The van der Waals surface area contributed by atoms with Crippen LogP contribution in [0.4, 0.5) is 0 Å². The Kier molecular flexibility index (Phi) is 2.17. The molecule has 3 saturated heterocycles. The van der Waals surface area contributed by atoms with Gasteiger partial charge in [-0.25, -0.2) is 4.99 Å². The van der Waals surface area contributed by atoms with E-state index in [0.717, 1.165) is 0 Å². The second-order valence-corrected chi connectivity index (χ2v) is 5.65. The first kappa shape index (κ1) is 12.7. The van der Waals surface area contributed by atoms with E-state index in [9.17, 15) is 25.5 Å². The van der Waals surface area contributed by atoms with Gasteiger partial charge >= 0.3 is 5.97 Å². The third kappa shape index (κ3) is 1.13. The summed E-state index contributed by atoms with van der Waals surface area (Å²) >= 11 is 0. The van der Waals surface area contributed by atoms with Gasteiger partial charge in [0.25, 0.3) is 0 Å². The Morgan fingerprint density at radius 2 is 1.80 bits per heavy atom. The first-order valence-electron chi connectivity index (χ1n) is 6.23. The van der Waals surface area contributed by atoms with Crippen LogP contribution in [0.5, 0.6) is 0 Å². The summed E-state index contributed by atoms with van der Waals surface area (Å²) in [7, 11) is 0. The van der Waals surface area contributed by atoms with Crippen molar-refractivity contribution in [3.63, 3.8) is 0 Å². The van der Waals surface area contributed by atoms with Crippen molar-refractivity contribution in [2.75, 3.05) is 0 Å². The highest BCUT2D eigenvalue weighted by Gasteiger charge is 2.79. The Hall–Kier alpha value is -1.01. The molecule has 4 bridgehead atoms. The number of ether oxygens (including phenoxy) is 2. The molecular weight excluding hydrogens is 274 g/mol. The van der Waals surface area contributed by atoms with Gasteiger partial charge in [-0.2, -0.15) is 0 Å². The third-order valence-corrected chi connectivity index (χ3v) is 4.72. The zero-order valence-corrected chi connectivity index (χ0v) is 10.1. The lowest BCUT2D eigenvalue weighted by atomic mass is 9.59. The van der Waals surface area contributed by atoms with Gasteiger partial charge in [-0.15, -0.1) is 0 Å². The Labute approximate surface area is 112 Å². The van der Waals surface area contributed by atoms with E-state index in [1.54, 1.807) is 0 Å². The molecule has 20 heavy (non-hydrogen) atoms. The van der Waals surface area contributed by atoms with E-state index in [4.69, 9.17) is 15.2 Å². The number of hydrogen-bond acceptors (Lipinski definition) is 10. The molecule has 1 saturated carbocycles. The normalized spacial score (nSPS) is 63.6. The Bertz CT molecular complexity index is 503. The molecule has 0 unspecified atom stereocenters. The lowest BCUT2D eigenvalue weighted by Crippen LogP contribution is -2.92. The maximum Gasteiger partial charge on any atom is 0.311 e. The average Bonchev–Trinajstić information content (AvgIpc) is 2.36. The van der Waals surface area contributed by atoms with Crippen molar-refractivity contribution >= 4 is 5.96 Å². The number of nitrogens with one attached hydrogen (secondary N) is 1. The van der Waals surface area contributed by atoms with Crippen LogP contribution in [0.3, 0.4) is 0 Å². The summed E-state index contributed by atoms with van der Waals surface area (Å²) < 4.78 is 10.2. The Balaban J connectivity index is 1.92. The zero-order valence-electron chi connectivity index (χ0n) is 10.1. The largest absolute Gasteiger partial charge is 0.388 e. The Morgan fingerprint density at radius 1 is 1.15 bits per heavy atom. The van der Waals surface area contributed by atoms with Gasteiger partial charge in [-0.3, -0.25) is 0 Å². The lowest BCUT2D eigenvalue weighted by Gasteiger charge is -2.68. The summed E-state index contributed by atoms with van der Waals surface area (Å²) in [5.41, 5.74) is 3.95. The minimum atomic E-state index is -2.38. The molecule has 0 radical (unpaired) electrons. The predicted octanol–water partition coefficient (Wildman–Crippen LogP) is -4.88. The smallest absolute Gasteiger partial charge is 0.311 e. The van der Waals surface area contributed by atoms with Crippen LogP contribution in [0, 0.1) is 5.92 Å². The van der Waals surface area contributed by atoms with Gasteiger partial charge in [-0.05, 0) is 0 Å². The number of nitrogens with two attached hydrogens (primary N) is 1. The minimum absolute atomic E-state index is 0.188. The second-order valence-electron chi connectivity index (χ2n) is 5.65. The highest BCUT2D eigenvalue weighted by atomic mass is 16.9. The summed E-state index contributed by atoms with van der Waals surface area (Å²) in [4.78, 5) is 3.71. The summed E-state index contributed by atoms with van der Waals surface area (Å²) in [6.07, 6.45) is -8.06. The molecular formula is C10H15N3O7. The van der Waals surface area contributed by atoms with Crippen molar-refractivity contribution in [3.8, 4) is 0 Å². The number of aliphatic hydroxyl groups is 5. The van der Waals surface area contributed by atoms with Crippen LogP contribution in [0.2, 0.25) is 0 Å². The van der Waals surface area contributed by atoms with E-state index in [1.165, 1.54) is 0 Å². The summed E-state index contributed by atoms with van der Waals surface area (Å²) in [6, 6.07) is 0. The van der Waals surface area contributed by atoms with Crippen LogP contribution in [0.25, 0.3) is 0 Å². The number of aliphatic imine (C=N–C) groups is 1. The highest BCUT2D eigenvalue weighted by Crippen LogP contribution is 2.55. The first-order valence-corrected chi connectivity index (χ1v) is 6.23. The number of rotatable bonds is 0. The maximum atomic E-state index is 10.4. The molecule has 10 heteroatoms. The molecule has 5 aliphatic rings. The van der Waals surface area contributed by atoms with Gasteiger partial charge in [0, 0.05) is 0 Å². The van der Waals surface area contributed by atoms with Crippen molar-refractivity contribution in [2.24, 2.45) is 16.6 Å². The summed E-state index contributed by atoms with van der Waals surface area (Å²) in [6.45, 7) is 0. The minimum Gasteiger partial charge on any atom is -0.388 e. The van der Waals surface area contributed by atoms with Crippen molar-refractivity contribution in [2.45, 2.75) is 48.3 Å². The van der Waals surface area contributed by atoms with Crippen LogP contribution >= 0.6 is 0 Å². The number of nitrogens with zero attached hydrogens (tertiary/aromatic N) is 1. The third-order valence-electron chi connectivity index (χ3n) is 4.72. The fraction of sp³-hybridized carbons (Fsp3) is 0.900. The molecule has 0 amide bonds. The quantitative estimate of drug-likeness (QED) is 0.231. The fourth-order valence-electron chi connectivity index (χ4n) is 3.92. The van der Waals surface area contributed by atoms with E-state index in [-0.39, 0.29) is 5.96 Å². The van der Waals surface area contributed by atoms with Crippen LogP contribution in [-0.2, 0) is 9.47 Å². The van der Waals surface area contributed by atoms with Crippen LogP contribution in [0.15, 0.2) is 4.99 Å². The molecule has 112 valence electrons. The highest BCUT2D eigenvalue weighted by molar-refractivity contribution is 5.80. The molecule has 4 aliphatic heterocycles. The molecule has 5 rings (SSSR count). The Morgan fingerprint density at radius 3 is 2.50 bits per heavy atom. The monoisotopic (exact) mass is 289 g/mol. The van der Waals surface area contributed by atoms with E-state index < -0.39 is 54.2 Å². The molecule has 4 heterocycles. The van der Waals surface area contributed by atoms with Crippen LogP contribution in [-0.4, -0.2) is 79.8 Å². The average molecular weight is 289 g/mol. The predicted molar refractivity (Wildman–Crippen MR) is 59.7 cm³/mol. The van der Waals surface area contributed by atoms with Gasteiger partial charge in [0.1, 0.15) is 30.0 Å². The molecule has 0 aromatic rings. The van der Waals surface area contributed by atoms with E-state index in [2.05, 4.69) is 10.3 Å². The molecule has 1 spiro atoms. The van der Waals surface area contributed by atoms with Gasteiger partial charge in [0.2, 0.25) is 0 Å². The molecule has 9 atom stereocenters. The molecule has 0 aromatic heterocycles. The summed E-state index contributed by atoms with van der Waals surface area (Å²) in [5.74, 6) is -3.56.